The van der Waals surface area contributed by atoms with Crippen LogP contribution in [0, 0.1) is 18.7 Å². The van der Waals surface area contributed by atoms with E-state index in [2.05, 4.69) is 26.0 Å². The van der Waals surface area contributed by atoms with Crippen LogP contribution in [0.3, 0.4) is 0 Å². The van der Waals surface area contributed by atoms with E-state index in [1.807, 2.05) is 25.1 Å². The van der Waals surface area contributed by atoms with E-state index >= 15 is 0 Å². The molecule has 16 heavy (non-hydrogen) atoms. The lowest BCUT2D eigenvalue weighted by molar-refractivity contribution is 0.618. The molecule has 0 aliphatic rings. The van der Waals surface area contributed by atoms with E-state index < -0.39 is 0 Å². The van der Waals surface area contributed by atoms with Gasteiger partial charge in [0.1, 0.15) is 5.82 Å². The minimum Gasteiger partial charge on any atom is -0.207 e. The summed E-state index contributed by atoms with van der Waals surface area (Å²) >= 11 is 0. The van der Waals surface area contributed by atoms with Gasteiger partial charge in [-0.15, -0.1) is 0 Å². The van der Waals surface area contributed by atoms with Crippen molar-refractivity contribution in [2.75, 3.05) is 0 Å². The molecule has 0 heterocycles. The predicted octanol–water partition coefficient (Wildman–Crippen LogP) is 4.75. The molecule has 0 amide bonds. The fourth-order valence-corrected chi connectivity index (χ4v) is 1.43. The van der Waals surface area contributed by atoms with E-state index in [-0.39, 0.29) is 5.82 Å². The molecule has 1 aromatic carbocycles. The Bertz CT molecular complexity index is 411. The van der Waals surface area contributed by atoms with Crippen LogP contribution in [0.1, 0.15) is 31.9 Å². The minimum absolute atomic E-state index is 0.144. The maximum absolute atomic E-state index is 13.4. The van der Waals surface area contributed by atoms with Gasteiger partial charge in [0, 0.05) is 0 Å². The van der Waals surface area contributed by atoms with Crippen LogP contribution >= 0.6 is 0 Å². The van der Waals surface area contributed by atoms with Crippen LogP contribution in [0.25, 0.3) is 5.57 Å². The van der Waals surface area contributed by atoms with E-state index in [0.717, 1.165) is 11.1 Å². The molecule has 0 N–H and O–H groups in total. The van der Waals surface area contributed by atoms with Crippen LogP contribution in [-0.4, -0.2) is 0 Å². The van der Waals surface area contributed by atoms with Crippen molar-refractivity contribution in [2.45, 2.75) is 27.7 Å². The van der Waals surface area contributed by atoms with E-state index in [1.54, 1.807) is 13.0 Å². The molecule has 0 unspecified atom stereocenters. The molecule has 0 aliphatic carbocycles. The summed E-state index contributed by atoms with van der Waals surface area (Å²) in [5, 5.41) is 0. The van der Waals surface area contributed by atoms with Crippen molar-refractivity contribution < 1.29 is 4.39 Å². The van der Waals surface area contributed by atoms with Gasteiger partial charge in [-0.25, -0.2) is 4.39 Å². The van der Waals surface area contributed by atoms with Crippen molar-refractivity contribution in [1.82, 2.24) is 0 Å². The molecule has 0 atom stereocenters. The Hall–Kier alpha value is -1.37. The molecule has 0 aromatic heterocycles. The predicted molar refractivity (Wildman–Crippen MR) is 68.8 cm³/mol. The van der Waals surface area contributed by atoms with Crippen LogP contribution < -0.4 is 0 Å². The van der Waals surface area contributed by atoms with Gasteiger partial charge < -0.3 is 0 Å². The molecule has 0 radical (unpaired) electrons. The summed E-state index contributed by atoms with van der Waals surface area (Å²) in [7, 11) is 0. The molecule has 86 valence electrons. The first kappa shape index (κ1) is 12.7. The summed E-state index contributed by atoms with van der Waals surface area (Å²) in [4.78, 5) is 0. The van der Waals surface area contributed by atoms with Crippen LogP contribution in [0.5, 0.6) is 0 Å². The van der Waals surface area contributed by atoms with Gasteiger partial charge in [-0.1, -0.05) is 44.2 Å². The van der Waals surface area contributed by atoms with Crippen molar-refractivity contribution in [3.05, 3.63) is 53.4 Å². The third-order valence-corrected chi connectivity index (χ3v) is 2.48. The summed E-state index contributed by atoms with van der Waals surface area (Å²) in [5.41, 5.74) is 2.68. The molecule has 0 aliphatic heterocycles. The van der Waals surface area contributed by atoms with Gasteiger partial charge in [-0.2, -0.15) is 0 Å². The molecule has 0 fully saturated rings. The Balaban J connectivity index is 3.01. The molecule has 0 saturated heterocycles. The van der Waals surface area contributed by atoms with E-state index in [9.17, 15) is 4.39 Å². The molecular formula is C15H19F. The summed E-state index contributed by atoms with van der Waals surface area (Å²) in [6, 6.07) is 5.37. The van der Waals surface area contributed by atoms with E-state index in [4.69, 9.17) is 0 Å². The third kappa shape index (κ3) is 3.34. The zero-order chi connectivity index (χ0) is 12.1. The van der Waals surface area contributed by atoms with E-state index in [1.165, 1.54) is 0 Å². The molecule has 1 heteroatoms. The number of aryl methyl sites for hydroxylation is 1. The monoisotopic (exact) mass is 218 g/mol. The normalized spacial score (nSPS) is 12.8. The van der Waals surface area contributed by atoms with E-state index in [0.29, 0.717) is 11.5 Å². The Morgan fingerprint density at radius 1 is 1.31 bits per heavy atom. The van der Waals surface area contributed by atoms with Gasteiger partial charge >= 0.3 is 0 Å². The topological polar surface area (TPSA) is 0 Å². The standard InChI is InChI=1S/C15H19F/c1-5-13(8-6-11(2)3)14-9-7-12(4)15(16)10-14/h5-11H,1-4H3/b8-6-,13-5+. The molecule has 0 bridgehead atoms. The van der Waals surface area contributed by atoms with Crippen molar-refractivity contribution in [3.8, 4) is 0 Å². The summed E-state index contributed by atoms with van der Waals surface area (Å²) in [6.07, 6.45) is 6.17. The molecule has 0 spiro atoms. The Labute approximate surface area is 97.5 Å². The smallest absolute Gasteiger partial charge is 0.126 e. The first-order valence-corrected chi connectivity index (χ1v) is 5.65. The summed E-state index contributed by atoms with van der Waals surface area (Å²) in [6.45, 7) is 8.00. The lowest BCUT2D eigenvalue weighted by Crippen LogP contribution is -1.87. The molecule has 1 aromatic rings. The fraction of sp³-hybridized carbons (Fsp3) is 0.333. The highest BCUT2D eigenvalue weighted by atomic mass is 19.1. The maximum Gasteiger partial charge on any atom is 0.126 e. The highest BCUT2D eigenvalue weighted by Crippen LogP contribution is 2.19. The molecule has 0 nitrogen and oxygen atoms in total. The maximum atomic E-state index is 13.4. The quantitative estimate of drug-likeness (QED) is 0.642. The molecule has 0 saturated carbocycles. The number of benzene rings is 1. The zero-order valence-electron chi connectivity index (χ0n) is 10.4. The highest BCUT2D eigenvalue weighted by Gasteiger charge is 2.01. The largest absolute Gasteiger partial charge is 0.207 e. The summed E-state index contributed by atoms with van der Waals surface area (Å²) < 4.78 is 13.4. The second kappa shape index (κ2) is 5.64. The van der Waals surface area contributed by atoms with Crippen LogP contribution in [0.2, 0.25) is 0 Å². The Kier molecular flexibility index (Phi) is 4.48. The Morgan fingerprint density at radius 3 is 2.50 bits per heavy atom. The van der Waals surface area contributed by atoms with Crippen LogP contribution in [0.4, 0.5) is 4.39 Å². The average Bonchev–Trinajstić information content (AvgIpc) is 2.23. The minimum atomic E-state index is -0.144. The van der Waals surface area contributed by atoms with Crippen molar-refractivity contribution in [1.29, 1.82) is 0 Å². The fourth-order valence-electron chi connectivity index (χ4n) is 1.43. The number of rotatable bonds is 3. The van der Waals surface area contributed by atoms with Gasteiger partial charge in [0.25, 0.3) is 0 Å². The SMILES string of the molecule is C/C=C(\C=C/C(C)C)c1ccc(C)c(F)c1. The molecular weight excluding hydrogens is 199 g/mol. The van der Waals surface area contributed by atoms with Crippen LogP contribution in [0.15, 0.2) is 36.4 Å². The third-order valence-electron chi connectivity index (χ3n) is 2.48. The van der Waals surface area contributed by atoms with Gasteiger partial charge in [-0.05, 0) is 42.5 Å². The first-order chi connectivity index (χ1) is 7.54. The van der Waals surface area contributed by atoms with Crippen molar-refractivity contribution in [3.63, 3.8) is 0 Å². The number of allylic oxidation sites excluding steroid dienone is 4. The lowest BCUT2D eigenvalue weighted by Gasteiger charge is -2.05. The lowest BCUT2D eigenvalue weighted by atomic mass is 10.0. The van der Waals surface area contributed by atoms with Gasteiger partial charge in [0.05, 0.1) is 0 Å². The van der Waals surface area contributed by atoms with Crippen LogP contribution in [-0.2, 0) is 0 Å². The van der Waals surface area contributed by atoms with Crippen molar-refractivity contribution >= 4 is 5.57 Å². The van der Waals surface area contributed by atoms with Gasteiger partial charge in [0.2, 0.25) is 0 Å². The average molecular weight is 218 g/mol. The summed E-state index contributed by atoms with van der Waals surface area (Å²) in [5.74, 6) is 0.361. The number of hydrogen-bond donors (Lipinski definition) is 0. The number of halogens is 1. The zero-order valence-corrected chi connectivity index (χ0v) is 10.4. The van der Waals surface area contributed by atoms with Crippen molar-refractivity contribution in [2.24, 2.45) is 5.92 Å². The second-order valence-electron chi connectivity index (χ2n) is 4.31. The highest BCUT2D eigenvalue weighted by molar-refractivity contribution is 5.73. The first-order valence-electron chi connectivity index (χ1n) is 5.65. The van der Waals surface area contributed by atoms with Gasteiger partial charge in [-0.3, -0.25) is 0 Å². The Morgan fingerprint density at radius 2 is 2.00 bits per heavy atom. The van der Waals surface area contributed by atoms with Gasteiger partial charge in [0.15, 0.2) is 0 Å². The molecule has 1 rings (SSSR count). The number of hydrogen-bond acceptors (Lipinski definition) is 0. The second-order valence-corrected chi connectivity index (χ2v) is 4.31.